The zero-order chi connectivity index (χ0) is 20.7. The highest BCUT2D eigenvalue weighted by Gasteiger charge is 2.24. The molecule has 0 heterocycles. The van der Waals surface area contributed by atoms with Crippen molar-refractivity contribution in [1.82, 2.24) is 5.32 Å². The van der Waals surface area contributed by atoms with Crippen molar-refractivity contribution in [2.24, 2.45) is 0 Å². The molecule has 28 heavy (non-hydrogen) atoms. The number of nitrogens with one attached hydrogen (secondary N) is 1. The molecular weight excluding hydrogens is 431 g/mol. The molecule has 0 aliphatic heterocycles. The van der Waals surface area contributed by atoms with Gasteiger partial charge in [-0.3, -0.25) is 4.79 Å². The molecule has 1 amide bonds. The molecule has 0 saturated heterocycles. The Balaban J connectivity index is 2.07. The molecule has 0 saturated carbocycles. The molecule has 0 bridgehead atoms. The molecule has 2 aromatic rings. The molecule has 0 aliphatic carbocycles. The molecule has 0 radical (unpaired) electrons. The van der Waals surface area contributed by atoms with E-state index in [1.165, 1.54) is 42.1 Å². The third-order valence-electron chi connectivity index (χ3n) is 3.78. The van der Waals surface area contributed by atoms with Gasteiger partial charge in [0.1, 0.15) is 12.6 Å². The summed E-state index contributed by atoms with van der Waals surface area (Å²) in [5.74, 6) is -2.85. The van der Waals surface area contributed by atoms with Gasteiger partial charge in [-0.25, -0.2) is 13.6 Å². The molecule has 1 unspecified atom stereocenters. The van der Waals surface area contributed by atoms with E-state index in [4.69, 9.17) is 27.9 Å². The van der Waals surface area contributed by atoms with E-state index in [-0.39, 0.29) is 16.1 Å². The SMILES string of the molecule is CSCCC(NC(=O)c1ccc(Cl)cc1Cl)C(=O)OCc1cccc(F)c1F. The van der Waals surface area contributed by atoms with E-state index in [9.17, 15) is 18.4 Å². The molecule has 150 valence electrons. The van der Waals surface area contributed by atoms with Crippen LogP contribution in [-0.4, -0.2) is 29.9 Å². The summed E-state index contributed by atoms with van der Waals surface area (Å²) in [6.07, 6.45) is 2.14. The number of hydrogen-bond donors (Lipinski definition) is 1. The Morgan fingerprint density at radius 1 is 1.21 bits per heavy atom. The minimum absolute atomic E-state index is 0.0935. The van der Waals surface area contributed by atoms with Crippen LogP contribution in [0.4, 0.5) is 8.78 Å². The van der Waals surface area contributed by atoms with Gasteiger partial charge in [0.05, 0.1) is 10.6 Å². The highest BCUT2D eigenvalue weighted by molar-refractivity contribution is 7.98. The van der Waals surface area contributed by atoms with Crippen LogP contribution in [0, 0.1) is 11.6 Å². The van der Waals surface area contributed by atoms with Crippen LogP contribution >= 0.6 is 35.0 Å². The first kappa shape index (κ1) is 22.5. The third-order valence-corrected chi connectivity index (χ3v) is 4.97. The number of esters is 1. The number of amides is 1. The molecule has 2 aromatic carbocycles. The first-order valence-electron chi connectivity index (χ1n) is 8.18. The summed E-state index contributed by atoms with van der Waals surface area (Å²) in [6.45, 7) is -0.449. The second-order valence-corrected chi connectivity index (χ2v) is 7.58. The monoisotopic (exact) mass is 447 g/mol. The summed E-state index contributed by atoms with van der Waals surface area (Å²) in [4.78, 5) is 24.9. The molecule has 1 N–H and O–H groups in total. The Morgan fingerprint density at radius 3 is 2.64 bits per heavy atom. The van der Waals surface area contributed by atoms with Crippen LogP contribution in [0.25, 0.3) is 0 Å². The van der Waals surface area contributed by atoms with Crippen molar-refractivity contribution in [2.75, 3.05) is 12.0 Å². The normalized spacial score (nSPS) is 11.8. The van der Waals surface area contributed by atoms with Crippen molar-refractivity contribution in [3.05, 3.63) is 69.2 Å². The average Bonchev–Trinajstić information content (AvgIpc) is 2.65. The number of rotatable bonds is 8. The molecule has 0 fully saturated rings. The van der Waals surface area contributed by atoms with E-state index >= 15 is 0 Å². The number of ether oxygens (including phenoxy) is 1. The smallest absolute Gasteiger partial charge is 0.329 e. The predicted octanol–water partition coefficient (Wildman–Crippen LogP) is 4.87. The second kappa shape index (κ2) is 10.6. The Bertz CT molecular complexity index is 867. The molecule has 0 aromatic heterocycles. The summed E-state index contributed by atoms with van der Waals surface area (Å²) in [6, 6.07) is 7.00. The van der Waals surface area contributed by atoms with Crippen molar-refractivity contribution in [2.45, 2.75) is 19.1 Å². The Kier molecular flexibility index (Phi) is 8.54. The summed E-state index contributed by atoms with van der Waals surface area (Å²) in [7, 11) is 0. The highest BCUT2D eigenvalue weighted by atomic mass is 35.5. The Morgan fingerprint density at radius 2 is 1.96 bits per heavy atom. The van der Waals surface area contributed by atoms with E-state index in [1.807, 2.05) is 6.26 Å². The van der Waals surface area contributed by atoms with E-state index in [0.717, 1.165) is 6.07 Å². The third kappa shape index (κ3) is 6.09. The minimum Gasteiger partial charge on any atom is -0.459 e. The number of carbonyl (C=O) groups excluding carboxylic acids is 2. The fourth-order valence-electron chi connectivity index (χ4n) is 2.30. The molecular formula is C19H17Cl2F2NO3S. The van der Waals surface area contributed by atoms with Crippen LogP contribution in [0.1, 0.15) is 22.3 Å². The summed E-state index contributed by atoms with van der Waals surface area (Å²) in [5, 5.41) is 3.08. The molecule has 1 atom stereocenters. The van der Waals surface area contributed by atoms with Crippen LogP contribution in [0.5, 0.6) is 0 Å². The predicted molar refractivity (Wildman–Crippen MR) is 107 cm³/mol. The van der Waals surface area contributed by atoms with E-state index in [2.05, 4.69) is 5.32 Å². The van der Waals surface area contributed by atoms with Gasteiger partial charge >= 0.3 is 5.97 Å². The van der Waals surface area contributed by atoms with Crippen LogP contribution in [0.2, 0.25) is 10.0 Å². The number of hydrogen-bond acceptors (Lipinski definition) is 4. The van der Waals surface area contributed by atoms with Crippen molar-refractivity contribution in [3.8, 4) is 0 Å². The Hall–Kier alpha value is -1.83. The van der Waals surface area contributed by atoms with Crippen LogP contribution < -0.4 is 5.32 Å². The topological polar surface area (TPSA) is 55.4 Å². The summed E-state index contributed by atoms with van der Waals surface area (Å²) < 4.78 is 32.0. The van der Waals surface area contributed by atoms with Gasteiger partial charge in [-0.05, 0) is 42.7 Å². The Labute approximate surface area is 175 Å². The average molecular weight is 448 g/mol. The lowest BCUT2D eigenvalue weighted by atomic mass is 10.1. The van der Waals surface area contributed by atoms with Crippen LogP contribution in [0.3, 0.4) is 0 Å². The lowest BCUT2D eigenvalue weighted by Crippen LogP contribution is -2.42. The van der Waals surface area contributed by atoms with Gasteiger partial charge in [0.2, 0.25) is 0 Å². The largest absolute Gasteiger partial charge is 0.459 e. The molecule has 4 nitrogen and oxygen atoms in total. The summed E-state index contributed by atoms with van der Waals surface area (Å²) in [5.41, 5.74) is 0.0632. The maximum Gasteiger partial charge on any atom is 0.329 e. The van der Waals surface area contributed by atoms with Gasteiger partial charge in [-0.2, -0.15) is 11.8 Å². The maximum atomic E-state index is 13.7. The fourth-order valence-corrected chi connectivity index (χ4v) is 3.27. The van der Waals surface area contributed by atoms with Gasteiger partial charge < -0.3 is 10.1 Å². The first-order valence-corrected chi connectivity index (χ1v) is 10.3. The lowest BCUT2D eigenvalue weighted by molar-refractivity contribution is -0.147. The van der Waals surface area contributed by atoms with Crippen molar-refractivity contribution in [3.63, 3.8) is 0 Å². The number of halogens is 4. The fraction of sp³-hybridized carbons (Fsp3) is 0.263. The molecule has 0 spiro atoms. The summed E-state index contributed by atoms with van der Waals surface area (Å²) >= 11 is 13.3. The van der Waals surface area contributed by atoms with Crippen LogP contribution in [-0.2, 0) is 16.1 Å². The number of benzene rings is 2. The van der Waals surface area contributed by atoms with Gasteiger partial charge in [0.15, 0.2) is 11.6 Å². The lowest BCUT2D eigenvalue weighted by Gasteiger charge is -2.18. The van der Waals surface area contributed by atoms with E-state index in [1.54, 1.807) is 0 Å². The molecule has 2 rings (SSSR count). The standard InChI is InChI=1S/C19H17Cl2F2NO3S/c1-28-8-7-16(24-18(25)13-6-5-12(20)9-14(13)21)19(26)27-10-11-3-2-4-15(22)17(11)23/h2-6,9,16H,7-8,10H2,1H3,(H,24,25). The van der Waals surface area contributed by atoms with Gasteiger partial charge in [0, 0.05) is 10.6 Å². The number of thioether (sulfide) groups is 1. The van der Waals surface area contributed by atoms with E-state index in [0.29, 0.717) is 17.2 Å². The zero-order valence-corrected chi connectivity index (χ0v) is 17.1. The van der Waals surface area contributed by atoms with Gasteiger partial charge in [-0.15, -0.1) is 0 Å². The van der Waals surface area contributed by atoms with Gasteiger partial charge in [-0.1, -0.05) is 35.3 Å². The van der Waals surface area contributed by atoms with Crippen molar-refractivity contribution >= 4 is 46.8 Å². The zero-order valence-electron chi connectivity index (χ0n) is 14.8. The van der Waals surface area contributed by atoms with Gasteiger partial charge in [0.25, 0.3) is 5.91 Å². The molecule has 9 heteroatoms. The highest BCUT2D eigenvalue weighted by Crippen LogP contribution is 2.21. The quantitative estimate of drug-likeness (QED) is 0.586. The second-order valence-electron chi connectivity index (χ2n) is 5.75. The van der Waals surface area contributed by atoms with Crippen LogP contribution in [0.15, 0.2) is 36.4 Å². The minimum atomic E-state index is -1.08. The van der Waals surface area contributed by atoms with Crippen molar-refractivity contribution in [1.29, 1.82) is 0 Å². The number of carbonyl (C=O) groups is 2. The first-order chi connectivity index (χ1) is 13.3. The molecule has 0 aliphatic rings. The van der Waals surface area contributed by atoms with Crippen molar-refractivity contribution < 1.29 is 23.1 Å². The maximum absolute atomic E-state index is 13.7. The van der Waals surface area contributed by atoms with E-state index < -0.39 is 36.2 Å².